The highest BCUT2D eigenvalue weighted by molar-refractivity contribution is 5.69. The van der Waals surface area contributed by atoms with Crippen LogP contribution in [-0.4, -0.2) is 142 Å². The monoisotopic (exact) mass is 1060 g/mol. The molecule has 0 saturated carbocycles. The van der Waals surface area contributed by atoms with Gasteiger partial charge in [0.25, 0.3) is 0 Å². The maximum absolute atomic E-state index is 13.1. The van der Waals surface area contributed by atoms with E-state index in [1.165, 1.54) is 96.3 Å². The molecule has 2 rings (SSSR count). The molecule has 0 spiro atoms. The first-order valence-electron chi connectivity index (χ1n) is 29.2. The quantitative estimate of drug-likeness (QED) is 0.0172. The van der Waals surface area contributed by atoms with Crippen molar-refractivity contribution in [3.8, 4) is 0 Å². The third-order valence-electron chi connectivity index (χ3n) is 13.4. The van der Waals surface area contributed by atoms with E-state index in [-0.39, 0.29) is 19.6 Å². The molecule has 0 aromatic rings. The lowest BCUT2D eigenvalue weighted by Crippen LogP contribution is -2.61. The summed E-state index contributed by atoms with van der Waals surface area (Å²) in [5.41, 5.74) is 0. The van der Waals surface area contributed by atoms with Gasteiger partial charge in [0.15, 0.2) is 12.6 Å². The van der Waals surface area contributed by atoms with E-state index < -0.39 is 86.7 Å². The highest BCUT2D eigenvalue weighted by Crippen LogP contribution is 2.26. The maximum atomic E-state index is 13.1. The average molecular weight is 1060 g/mol. The standard InChI is InChI=1S/C61H104O14/c1-3-5-7-9-11-13-15-17-19-21-23-24-25-26-27-28-30-32-34-36-38-40-42-44-53(63)73-50(47-70-45-43-41-39-37-35-33-31-29-22-20-18-16-14-12-10-8-6-4-2)48-71-60-59(69)57(67)55(65)52(75-60)49-72-61-58(68)56(66)54(64)51(46-62)74-61/h5,7,11,13,17,19,23-24,26-27,30,32,36,38,50-52,54-62,64-69H,3-4,6,8-10,12,14-16,18,20-22,25,28-29,31,33-35,37,39-49H2,1-2H3/b7-5-,13-11-,19-17-,24-23-,27-26-,32-30-,38-36-. The van der Waals surface area contributed by atoms with E-state index in [9.17, 15) is 40.5 Å². The Morgan fingerprint density at radius 1 is 0.453 bits per heavy atom. The van der Waals surface area contributed by atoms with Crippen LogP contribution >= 0.6 is 0 Å². The molecule has 2 heterocycles. The number of allylic oxidation sites excluding steroid dienone is 14. The van der Waals surface area contributed by atoms with Crippen molar-refractivity contribution in [3.05, 3.63) is 85.1 Å². The Morgan fingerprint density at radius 2 is 0.853 bits per heavy atom. The zero-order valence-corrected chi connectivity index (χ0v) is 46.3. The van der Waals surface area contributed by atoms with Gasteiger partial charge in [-0.15, -0.1) is 0 Å². The fourth-order valence-corrected chi connectivity index (χ4v) is 8.75. The van der Waals surface area contributed by atoms with Gasteiger partial charge in [0.05, 0.1) is 26.4 Å². The van der Waals surface area contributed by atoms with Gasteiger partial charge in [0, 0.05) is 13.0 Å². The molecule has 432 valence electrons. The molecule has 11 atom stereocenters. The van der Waals surface area contributed by atoms with Crippen molar-refractivity contribution in [2.75, 3.05) is 33.0 Å². The summed E-state index contributed by atoms with van der Waals surface area (Å²) in [6.07, 6.45) is 45.0. The first kappa shape index (κ1) is 68.3. The van der Waals surface area contributed by atoms with Crippen LogP contribution in [0.5, 0.6) is 0 Å². The first-order valence-corrected chi connectivity index (χ1v) is 29.2. The number of unbranched alkanes of at least 4 members (excludes halogenated alkanes) is 18. The minimum Gasteiger partial charge on any atom is -0.457 e. The van der Waals surface area contributed by atoms with Crippen LogP contribution in [0.15, 0.2) is 85.1 Å². The van der Waals surface area contributed by atoms with Gasteiger partial charge in [-0.25, -0.2) is 0 Å². The number of carbonyl (C=O) groups excluding carboxylic acids is 1. The molecule has 0 radical (unpaired) electrons. The Kier molecular flexibility index (Phi) is 43.0. The van der Waals surface area contributed by atoms with E-state index in [4.69, 9.17) is 28.4 Å². The molecule has 75 heavy (non-hydrogen) atoms. The highest BCUT2D eigenvalue weighted by Gasteiger charge is 2.47. The molecule has 14 nitrogen and oxygen atoms in total. The molecular formula is C61H104O14. The van der Waals surface area contributed by atoms with Gasteiger partial charge in [0.2, 0.25) is 0 Å². The van der Waals surface area contributed by atoms with Crippen molar-refractivity contribution in [2.24, 2.45) is 0 Å². The Labute approximate surface area is 452 Å². The van der Waals surface area contributed by atoms with Gasteiger partial charge in [-0.05, 0) is 64.2 Å². The van der Waals surface area contributed by atoms with E-state index in [1.807, 2.05) is 0 Å². The van der Waals surface area contributed by atoms with Crippen LogP contribution < -0.4 is 0 Å². The van der Waals surface area contributed by atoms with Gasteiger partial charge in [-0.2, -0.15) is 0 Å². The molecule has 0 bridgehead atoms. The van der Waals surface area contributed by atoms with Crippen LogP contribution in [0.4, 0.5) is 0 Å². The minimum atomic E-state index is -1.72. The largest absolute Gasteiger partial charge is 0.457 e. The summed E-state index contributed by atoms with van der Waals surface area (Å²) in [7, 11) is 0. The van der Waals surface area contributed by atoms with Crippen LogP contribution in [0.25, 0.3) is 0 Å². The van der Waals surface area contributed by atoms with E-state index in [0.29, 0.717) is 19.4 Å². The molecule has 2 aliphatic heterocycles. The predicted octanol–water partition coefficient (Wildman–Crippen LogP) is 10.4. The fourth-order valence-electron chi connectivity index (χ4n) is 8.75. The lowest BCUT2D eigenvalue weighted by Gasteiger charge is -2.42. The summed E-state index contributed by atoms with van der Waals surface area (Å²) in [4.78, 5) is 13.1. The van der Waals surface area contributed by atoms with Crippen molar-refractivity contribution >= 4 is 5.97 Å². The topological polar surface area (TPSA) is 214 Å². The van der Waals surface area contributed by atoms with Crippen LogP contribution in [0.2, 0.25) is 0 Å². The molecule has 2 fully saturated rings. The third kappa shape index (κ3) is 33.9. The molecular weight excluding hydrogens is 957 g/mol. The van der Waals surface area contributed by atoms with Crippen molar-refractivity contribution in [1.82, 2.24) is 0 Å². The smallest absolute Gasteiger partial charge is 0.306 e. The van der Waals surface area contributed by atoms with Gasteiger partial charge in [-0.3, -0.25) is 4.79 Å². The van der Waals surface area contributed by atoms with Gasteiger partial charge >= 0.3 is 5.97 Å². The van der Waals surface area contributed by atoms with Crippen LogP contribution in [-0.2, 0) is 33.2 Å². The fraction of sp³-hybridized carbons (Fsp3) is 0.754. The third-order valence-corrected chi connectivity index (χ3v) is 13.4. The number of rotatable bonds is 46. The predicted molar refractivity (Wildman–Crippen MR) is 298 cm³/mol. The summed E-state index contributed by atoms with van der Waals surface area (Å²) in [5, 5.41) is 72.3. The number of hydrogen-bond acceptors (Lipinski definition) is 14. The SMILES string of the molecule is CC/C=C\C/C=C\C/C=C\C/C=C\C/C=C\C/C=C\C/C=C\CCCC(=O)OC(COCCCCCCCCCCCCCCCCCCCC)COC1OC(COC2OC(CO)C(O)C(O)C2O)C(O)C(O)C1O. The number of esters is 1. The number of hydrogen-bond donors (Lipinski definition) is 7. The molecule has 2 saturated heterocycles. The minimum absolute atomic E-state index is 0.0359. The second-order valence-electron chi connectivity index (χ2n) is 20.1. The Morgan fingerprint density at radius 3 is 1.31 bits per heavy atom. The Bertz CT molecular complexity index is 1560. The zero-order valence-electron chi connectivity index (χ0n) is 46.3. The first-order chi connectivity index (χ1) is 36.6. The van der Waals surface area contributed by atoms with Gasteiger partial charge in [-0.1, -0.05) is 208 Å². The molecule has 0 aromatic carbocycles. The summed E-state index contributed by atoms with van der Waals surface area (Å²) in [5.74, 6) is -0.433. The number of aliphatic hydroxyl groups is 7. The highest BCUT2D eigenvalue weighted by atomic mass is 16.7. The lowest BCUT2D eigenvalue weighted by atomic mass is 9.98. The number of carbonyl (C=O) groups is 1. The molecule has 7 N–H and O–H groups in total. The Hall–Kier alpha value is -2.83. The number of ether oxygens (including phenoxy) is 6. The van der Waals surface area contributed by atoms with Crippen molar-refractivity contribution < 1.29 is 69.0 Å². The summed E-state index contributed by atoms with van der Waals surface area (Å²) < 4.78 is 34.3. The molecule has 0 aromatic heterocycles. The summed E-state index contributed by atoms with van der Waals surface area (Å²) in [6.45, 7) is 3.51. The van der Waals surface area contributed by atoms with E-state index >= 15 is 0 Å². The average Bonchev–Trinajstić information content (AvgIpc) is 3.41. The van der Waals surface area contributed by atoms with Crippen LogP contribution in [0, 0.1) is 0 Å². The van der Waals surface area contributed by atoms with Crippen molar-refractivity contribution in [2.45, 2.75) is 261 Å². The van der Waals surface area contributed by atoms with Crippen LogP contribution in [0.3, 0.4) is 0 Å². The van der Waals surface area contributed by atoms with E-state index in [2.05, 4.69) is 98.9 Å². The number of aliphatic hydroxyl groups excluding tert-OH is 7. The molecule has 0 amide bonds. The van der Waals surface area contributed by atoms with Crippen molar-refractivity contribution in [1.29, 1.82) is 0 Å². The lowest BCUT2D eigenvalue weighted by molar-refractivity contribution is -0.332. The molecule has 0 aliphatic carbocycles. The maximum Gasteiger partial charge on any atom is 0.306 e. The summed E-state index contributed by atoms with van der Waals surface area (Å²) in [6, 6.07) is 0. The van der Waals surface area contributed by atoms with Crippen molar-refractivity contribution in [3.63, 3.8) is 0 Å². The van der Waals surface area contributed by atoms with E-state index in [1.54, 1.807) is 0 Å². The van der Waals surface area contributed by atoms with Gasteiger partial charge < -0.3 is 64.2 Å². The second-order valence-corrected chi connectivity index (χ2v) is 20.1. The molecule has 11 unspecified atom stereocenters. The summed E-state index contributed by atoms with van der Waals surface area (Å²) >= 11 is 0. The van der Waals surface area contributed by atoms with Crippen LogP contribution in [0.1, 0.15) is 194 Å². The van der Waals surface area contributed by atoms with Gasteiger partial charge in [0.1, 0.15) is 54.9 Å². The van der Waals surface area contributed by atoms with E-state index in [0.717, 1.165) is 64.2 Å². The second kappa shape index (κ2) is 47.2. The molecule has 14 heteroatoms. The molecule has 2 aliphatic rings. The zero-order chi connectivity index (χ0) is 54.4. The normalized spacial score (nSPS) is 25.2. The Balaban J connectivity index is 1.75.